The number of sulfone groups is 1. The quantitative estimate of drug-likeness (QED) is 0.861. The monoisotopic (exact) mass is 332 g/mol. The van der Waals surface area contributed by atoms with Crippen molar-refractivity contribution in [2.24, 2.45) is 5.41 Å². The molecule has 0 heterocycles. The van der Waals surface area contributed by atoms with Crippen LogP contribution in [0, 0.1) is 5.41 Å². The molecule has 3 atom stereocenters. The van der Waals surface area contributed by atoms with Crippen LogP contribution in [-0.4, -0.2) is 44.2 Å². The molecule has 116 valence electrons. The molecule has 7 heteroatoms. The van der Waals surface area contributed by atoms with E-state index in [1.165, 1.54) is 14.0 Å². The van der Waals surface area contributed by atoms with Crippen LogP contribution >= 0.6 is 11.6 Å². The van der Waals surface area contributed by atoms with Crippen LogP contribution in [0.2, 0.25) is 5.02 Å². The maximum Gasteiger partial charge on any atom is 0.314 e. The number of methoxy groups -OCH3 is 1. The molecule has 0 saturated heterocycles. The molecule has 1 aliphatic rings. The molecule has 0 spiro atoms. The zero-order chi connectivity index (χ0) is 15.8. The van der Waals surface area contributed by atoms with Crippen molar-refractivity contribution < 1.29 is 23.1 Å². The van der Waals surface area contributed by atoms with Crippen molar-refractivity contribution in [3.05, 3.63) is 34.9 Å². The summed E-state index contributed by atoms with van der Waals surface area (Å²) >= 11 is 5.83. The van der Waals surface area contributed by atoms with Crippen molar-refractivity contribution in [1.82, 2.24) is 0 Å². The van der Waals surface area contributed by atoms with Crippen LogP contribution in [0.4, 0.5) is 0 Å². The highest BCUT2D eigenvalue weighted by Crippen LogP contribution is 2.63. The third-order valence-electron chi connectivity index (χ3n) is 4.06. The fourth-order valence-electron chi connectivity index (χ4n) is 2.98. The Bertz CT molecular complexity index is 640. The van der Waals surface area contributed by atoms with E-state index in [2.05, 4.69) is 0 Å². The molecule has 1 fully saturated rings. The van der Waals surface area contributed by atoms with E-state index in [9.17, 15) is 18.3 Å². The molecule has 1 aliphatic carbocycles. The normalized spacial score (nSPS) is 28.3. The highest BCUT2D eigenvalue weighted by Gasteiger charge is 2.75. The van der Waals surface area contributed by atoms with E-state index in [1.807, 2.05) is 0 Å². The van der Waals surface area contributed by atoms with Crippen LogP contribution < -0.4 is 0 Å². The van der Waals surface area contributed by atoms with Gasteiger partial charge in [-0.3, -0.25) is 4.79 Å². The summed E-state index contributed by atoms with van der Waals surface area (Å²) in [5.74, 6) is -1.86. The number of hydrogen-bond acceptors (Lipinski definition) is 4. The molecule has 2 rings (SSSR count). The van der Waals surface area contributed by atoms with Gasteiger partial charge in [0.1, 0.15) is 5.41 Å². The molecule has 5 nitrogen and oxygen atoms in total. The van der Waals surface area contributed by atoms with E-state index < -0.39 is 32.4 Å². The maximum atomic E-state index is 12.3. The predicted molar refractivity (Wildman–Crippen MR) is 79.4 cm³/mol. The Labute approximate surface area is 128 Å². The summed E-state index contributed by atoms with van der Waals surface area (Å²) < 4.78 is 29.5. The molecule has 0 unspecified atom stereocenters. The van der Waals surface area contributed by atoms with Gasteiger partial charge in [-0.2, -0.15) is 0 Å². The van der Waals surface area contributed by atoms with E-state index in [4.69, 9.17) is 16.3 Å². The van der Waals surface area contributed by atoms with Gasteiger partial charge in [-0.15, -0.1) is 0 Å². The number of carboxylic acids is 1. The number of carboxylic acid groups (broad SMARTS) is 1. The molecule has 0 aliphatic heterocycles. The Balaban J connectivity index is 2.51. The van der Waals surface area contributed by atoms with Crippen LogP contribution in [0.3, 0.4) is 0 Å². The number of rotatable bonds is 6. The minimum absolute atomic E-state index is 0.0967. The second kappa shape index (κ2) is 5.59. The first-order chi connectivity index (χ1) is 9.81. The van der Waals surface area contributed by atoms with Crippen molar-refractivity contribution in [2.75, 3.05) is 19.5 Å². The van der Waals surface area contributed by atoms with Crippen LogP contribution in [-0.2, 0) is 19.4 Å². The van der Waals surface area contributed by atoms with E-state index in [-0.39, 0.29) is 12.4 Å². The zero-order valence-corrected chi connectivity index (χ0v) is 13.3. The molecule has 0 radical (unpaired) electrons. The molecule has 0 aromatic heterocycles. The van der Waals surface area contributed by atoms with Gasteiger partial charge in [-0.25, -0.2) is 8.42 Å². The number of carbonyl (C=O) groups is 1. The summed E-state index contributed by atoms with van der Waals surface area (Å²) in [7, 11) is -2.13. The van der Waals surface area contributed by atoms with Gasteiger partial charge in [-0.05, 0) is 17.7 Å². The van der Waals surface area contributed by atoms with Gasteiger partial charge in [0.05, 0.1) is 11.9 Å². The molecule has 1 N–H and O–H groups in total. The minimum Gasteiger partial charge on any atom is -0.481 e. The summed E-state index contributed by atoms with van der Waals surface area (Å²) in [5.41, 5.74) is -0.766. The zero-order valence-electron chi connectivity index (χ0n) is 11.7. The number of benzene rings is 1. The molecule has 1 aromatic rings. The topological polar surface area (TPSA) is 80.7 Å². The molecule has 1 aromatic carbocycles. The largest absolute Gasteiger partial charge is 0.481 e. The lowest BCUT2D eigenvalue weighted by molar-refractivity contribution is -0.145. The molecular weight excluding hydrogens is 316 g/mol. The van der Waals surface area contributed by atoms with Crippen molar-refractivity contribution in [3.8, 4) is 0 Å². The lowest BCUT2D eigenvalue weighted by Gasteiger charge is -2.11. The van der Waals surface area contributed by atoms with Crippen LogP contribution in [0.1, 0.15) is 18.4 Å². The summed E-state index contributed by atoms with van der Waals surface area (Å²) in [4.78, 5) is 11.7. The number of halogens is 1. The van der Waals surface area contributed by atoms with Gasteiger partial charge in [0, 0.05) is 23.8 Å². The van der Waals surface area contributed by atoms with E-state index >= 15 is 0 Å². The lowest BCUT2D eigenvalue weighted by atomic mass is 10.0. The molecule has 0 bridgehead atoms. The first-order valence-electron chi connectivity index (χ1n) is 6.50. The predicted octanol–water partition coefficient (Wildman–Crippen LogP) is 1.96. The van der Waals surface area contributed by atoms with E-state index in [0.717, 1.165) is 0 Å². The Morgan fingerprint density at radius 1 is 1.38 bits per heavy atom. The standard InChI is InChI=1S/C14H17ClO5S/c1-3-21(18,19)12-11(9-4-6-10(15)7-5-9)14(12,8-20-2)13(16)17/h4-7,11-12H,3,8H2,1-2H3,(H,16,17)/t11-,12+,14-/m1/s1. The van der Waals surface area contributed by atoms with Gasteiger partial charge in [0.15, 0.2) is 9.84 Å². The van der Waals surface area contributed by atoms with Gasteiger partial charge < -0.3 is 9.84 Å². The number of hydrogen-bond donors (Lipinski definition) is 1. The van der Waals surface area contributed by atoms with Crippen LogP contribution in [0.15, 0.2) is 24.3 Å². The third-order valence-corrected chi connectivity index (χ3v) is 6.58. The van der Waals surface area contributed by atoms with Crippen molar-refractivity contribution in [1.29, 1.82) is 0 Å². The van der Waals surface area contributed by atoms with E-state index in [1.54, 1.807) is 24.3 Å². The Kier molecular flexibility index (Phi) is 4.33. The van der Waals surface area contributed by atoms with Gasteiger partial charge in [-0.1, -0.05) is 30.7 Å². The average Bonchev–Trinajstić information content (AvgIpc) is 3.11. The van der Waals surface area contributed by atoms with Gasteiger partial charge in [0.25, 0.3) is 0 Å². The minimum atomic E-state index is -3.50. The Morgan fingerprint density at radius 2 is 1.95 bits per heavy atom. The van der Waals surface area contributed by atoms with Gasteiger partial charge in [0.2, 0.25) is 0 Å². The smallest absolute Gasteiger partial charge is 0.314 e. The first-order valence-corrected chi connectivity index (χ1v) is 8.60. The fraction of sp³-hybridized carbons (Fsp3) is 0.500. The lowest BCUT2D eigenvalue weighted by Crippen LogP contribution is -2.29. The molecule has 0 amide bonds. The maximum absolute atomic E-state index is 12.3. The van der Waals surface area contributed by atoms with Gasteiger partial charge >= 0.3 is 5.97 Å². The SMILES string of the molecule is CCS(=O)(=O)[C@H]1[C@@H](c2ccc(Cl)cc2)[C@@]1(COC)C(=O)O. The average molecular weight is 333 g/mol. The van der Waals surface area contributed by atoms with Crippen molar-refractivity contribution in [2.45, 2.75) is 18.1 Å². The van der Waals surface area contributed by atoms with E-state index in [0.29, 0.717) is 10.6 Å². The summed E-state index contributed by atoms with van der Waals surface area (Å²) in [5, 5.41) is 9.13. The fourth-order valence-corrected chi connectivity index (χ4v) is 5.16. The second-order valence-electron chi connectivity index (χ2n) is 5.18. The number of aliphatic carboxylic acids is 1. The molecule has 1 saturated carbocycles. The van der Waals surface area contributed by atoms with Crippen LogP contribution in [0.25, 0.3) is 0 Å². The Morgan fingerprint density at radius 3 is 2.38 bits per heavy atom. The highest BCUT2D eigenvalue weighted by atomic mass is 35.5. The number of ether oxygens (including phenoxy) is 1. The third kappa shape index (κ3) is 2.56. The summed E-state index contributed by atoms with van der Waals surface area (Å²) in [6.07, 6.45) is 0. The summed E-state index contributed by atoms with van der Waals surface area (Å²) in [6.45, 7) is 1.38. The molecular formula is C14H17ClO5S. The first kappa shape index (κ1) is 16.3. The Hall–Kier alpha value is -1.11. The van der Waals surface area contributed by atoms with Crippen molar-refractivity contribution >= 4 is 27.4 Å². The highest BCUT2D eigenvalue weighted by molar-refractivity contribution is 7.92. The van der Waals surface area contributed by atoms with Crippen molar-refractivity contribution in [3.63, 3.8) is 0 Å². The second-order valence-corrected chi connectivity index (χ2v) is 8.03. The molecule has 21 heavy (non-hydrogen) atoms. The summed E-state index contributed by atoms with van der Waals surface area (Å²) in [6, 6.07) is 6.60. The van der Waals surface area contributed by atoms with Crippen LogP contribution in [0.5, 0.6) is 0 Å².